The van der Waals surface area contributed by atoms with Crippen molar-refractivity contribution in [3.63, 3.8) is 0 Å². The first-order valence-electron chi connectivity index (χ1n) is 9.86. The first-order valence-corrected chi connectivity index (χ1v) is 10.7. The van der Waals surface area contributed by atoms with Crippen molar-refractivity contribution >= 4 is 34.2 Å². The van der Waals surface area contributed by atoms with Crippen LogP contribution in [0, 0.1) is 20.8 Å². The number of amides is 2. The fourth-order valence-corrected chi connectivity index (χ4v) is 4.41. The number of hydrazine groups is 1. The lowest BCUT2D eigenvalue weighted by Gasteiger charge is -2.11. The van der Waals surface area contributed by atoms with E-state index in [0.717, 1.165) is 10.4 Å². The van der Waals surface area contributed by atoms with Gasteiger partial charge in [-0.2, -0.15) is 5.10 Å². The molecule has 0 aromatic carbocycles. The molecule has 0 aliphatic heterocycles. The molecule has 0 bridgehead atoms. The maximum absolute atomic E-state index is 13.1. The van der Waals surface area contributed by atoms with Gasteiger partial charge >= 0.3 is 0 Å². The van der Waals surface area contributed by atoms with Crippen LogP contribution in [0.25, 0.3) is 22.3 Å². The van der Waals surface area contributed by atoms with Crippen molar-refractivity contribution in [3.8, 4) is 11.3 Å². The van der Waals surface area contributed by atoms with Gasteiger partial charge in [-0.3, -0.25) is 20.4 Å². The molecule has 0 saturated heterocycles. The summed E-state index contributed by atoms with van der Waals surface area (Å²) >= 11 is 1.68. The lowest BCUT2D eigenvalue weighted by atomic mass is 10.1. The van der Waals surface area contributed by atoms with Gasteiger partial charge in [-0.25, -0.2) is 9.67 Å². The second kappa shape index (κ2) is 7.99. The summed E-state index contributed by atoms with van der Waals surface area (Å²) in [5.41, 5.74) is 7.99. The quantitative estimate of drug-likeness (QED) is 0.463. The number of carbonyl (C=O) groups excluding carboxylic acids is 2. The predicted octanol–water partition coefficient (Wildman–Crippen LogP) is 4.33. The number of hydrogen-bond donors (Lipinski definition) is 2. The highest BCUT2D eigenvalue weighted by atomic mass is 32.1. The number of hydrogen-bond acceptors (Lipinski definition) is 6. The van der Waals surface area contributed by atoms with E-state index in [1.807, 2.05) is 27.7 Å². The van der Waals surface area contributed by atoms with Crippen LogP contribution in [-0.2, 0) is 0 Å². The summed E-state index contributed by atoms with van der Waals surface area (Å²) in [5.74, 6) is -0.426. The molecule has 0 aliphatic rings. The highest BCUT2D eigenvalue weighted by molar-refractivity contribution is 7.12. The van der Waals surface area contributed by atoms with Crippen molar-refractivity contribution in [1.29, 1.82) is 0 Å². The van der Waals surface area contributed by atoms with Crippen LogP contribution in [0.2, 0.25) is 0 Å². The Morgan fingerprint density at radius 3 is 2.39 bits per heavy atom. The number of nitrogens with one attached hydrogen (secondary N) is 2. The molecule has 31 heavy (non-hydrogen) atoms. The number of aryl methyl sites for hydroxylation is 3. The average molecular weight is 438 g/mol. The number of furan rings is 1. The largest absolute Gasteiger partial charge is 0.469 e. The zero-order valence-corrected chi connectivity index (χ0v) is 18.8. The van der Waals surface area contributed by atoms with Crippen LogP contribution in [0.3, 0.4) is 0 Å². The fourth-order valence-electron chi connectivity index (χ4n) is 3.48. The lowest BCUT2D eigenvalue weighted by molar-refractivity contribution is 0.0846. The molecular weight excluding hydrogens is 414 g/mol. The Bertz CT molecular complexity index is 1300. The van der Waals surface area contributed by atoms with E-state index < -0.39 is 11.8 Å². The summed E-state index contributed by atoms with van der Waals surface area (Å²) < 4.78 is 6.94. The summed E-state index contributed by atoms with van der Waals surface area (Å²) in [6, 6.07) is 5.43. The molecular formula is C22H23N5O3S. The van der Waals surface area contributed by atoms with Crippen molar-refractivity contribution < 1.29 is 14.0 Å². The highest BCUT2D eigenvalue weighted by Gasteiger charge is 2.21. The molecule has 0 aliphatic carbocycles. The van der Waals surface area contributed by atoms with Crippen molar-refractivity contribution in [1.82, 2.24) is 25.6 Å². The zero-order valence-electron chi connectivity index (χ0n) is 17.9. The zero-order chi connectivity index (χ0) is 22.3. The van der Waals surface area contributed by atoms with Gasteiger partial charge in [0, 0.05) is 21.4 Å². The maximum Gasteiger partial charge on any atom is 0.273 e. The second-order valence-electron chi connectivity index (χ2n) is 7.60. The molecule has 2 amide bonds. The van der Waals surface area contributed by atoms with E-state index in [1.165, 1.54) is 11.1 Å². The molecule has 0 spiro atoms. The van der Waals surface area contributed by atoms with Crippen molar-refractivity contribution in [2.45, 2.75) is 40.7 Å². The number of fused-ring (bicyclic) bond motifs is 1. The van der Waals surface area contributed by atoms with Crippen LogP contribution < -0.4 is 10.9 Å². The number of carbonyl (C=O) groups is 2. The Kier molecular flexibility index (Phi) is 5.36. The summed E-state index contributed by atoms with van der Waals surface area (Å²) in [4.78, 5) is 32.5. The molecule has 8 nitrogen and oxygen atoms in total. The van der Waals surface area contributed by atoms with Crippen LogP contribution >= 0.6 is 11.3 Å². The molecule has 0 unspecified atom stereocenters. The SMILES string of the molecule is Cc1cc(-c2cc(C(=O)NNC(=O)c3ccoc3C)c3cnn(C(C)C)c3n2)c(C)s1. The van der Waals surface area contributed by atoms with Crippen LogP contribution in [0.1, 0.15) is 56.1 Å². The fraction of sp³-hybridized carbons (Fsp3) is 0.273. The molecule has 2 N–H and O–H groups in total. The van der Waals surface area contributed by atoms with E-state index in [-0.39, 0.29) is 6.04 Å². The number of aromatic nitrogens is 3. The summed E-state index contributed by atoms with van der Waals surface area (Å²) in [6.07, 6.45) is 3.06. The molecule has 9 heteroatoms. The normalized spacial score (nSPS) is 11.3. The molecule has 0 saturated carbocycles. The number of nitrogens with zero attached hydrogens (tertiary/aromatic N) is 3. The monoisotopic (exact) mass is 437 g/mol. The topological polar surface area (TPSA) is 102 Å². The third kappa shape index (κ3) is 3.84. The first kappa shape index (κ1) is 20.8. The van der Waals surface area contributed by atoms with Crippen molar-refractivity contribution in [2.75, 3.05) is 0 Å². The number of thiophene rings is 1. The summed E-state index contributed by atoms with van der Waals surface area (Å²) in [5, 5.41) is 5.04. The number of pyridine rings is 1. The third-order valence-electron chi connectivity index (χ3n) is 5.01. The molecule has 160 valence electrons. The van der Waals surface area contributed by atoms with Gasteiger partial charge in [0.15, 0.2) is 5.65 Å². The minimum atomic E-state index is -0.452. The van der Waals surface area contributed by atoms with E-state index >= 15 is 0 Å². The van der Waals surface area contributed by atoms with Gasteiger partial charge in [-0.05, 0) is 52.8 Å². The van der Waals surface area contributed by atoms with E-state index in [4.69, 9.17) is 9.40 Å². The van der Waals surface area contributed by atoms with Gasteiger partial charge in [-0.1, -0.05) is 0 Å². The standard InChI is InChI=1S/C22H23N5O3S/c1-11(2)27-20-18(10-23-27)17(9-19(24-20)16-8-12(3)31-14(16)5)22(29)26-25-21(28)15-6-7-30-13(15)4/h6-11H,1-5H3,(H,25,28)(H,26,29). The molecule has 0 fully saturated rings. The number of rotatable bonds is 4. The molecule has 0 atom stereocenters. The lowest BCUT2D eigenvalue weighted by Crippen LogP contribution is -2.41. The van der Waals surface area contributed by atoms with E-state index in [1.54, 1.807) is 41.3 Å². The highest BCUT2D eigenvalue weighted by Crippen LogP contribution is 2.32. The Morgan fingerprint density at radius 1 is 1.10 bits per heavy atom. The van der Waals surface area contributed by atoms with Gasteiger partial charge in [0.1, 0.15) is 5.76 Å². The molecule has 0 radical (unpaired) electrons. The molecule has 4 aromatic heterocycles. The Hall–Kier alpha value is -3.46. The van der Waals surface area contributed by atoms with E-state index in [9.17, 15) is 9.59 Å². The summed E-state index contributed by atoms with van der Waals surface area (Å²) in [6.45, 7) is 9.77. The molecule has 4 rings (SSSR count). The van der Waals surface area contributed by atoms with Crippen LogP contribution in [0.15, 0.2) is 35.1 Å². The van der Waals surface area contributed by atoms with Gasteiger partial charge in [0.05, 0.1) is 34.7 Å². The Labute approximate surface area is 183 Å². The second-order valence-corrected chi connectivity index (χ2v) is 9.06. The molecule has 4 heterocycles. The van der Waals surface area contributed by atoms with Gasteiger partial charge in [0.25, 0.3) is 11.8 Å². The minimum Gasteiger partial charge on any atom is -0.469 e. The van der Waals surface area contributed by atoms with Gasteiger partial charge in [0.2, 0.25) is 0 Å². The smallest absolute Gasteiger partial charge is 0.273 e. The Morgan fingerprint density at radius 2 is 1.81 bits per heavy atom. The maximum atomic E-state index is 13.1. The average Bonchev–Trinajstić information content (AvgIpc) is 3.42. The van der Waals surface area contributed by atoms with E-state index in [2.05, 4.69) is 22.0 Å². The minimum absolute atomic E-state index is 0.0743. The Balaban J connectivity index is 1.73. The van der Waals surface area contributed by atoms with Crippen molar-refractivity contribution in [3.05, 3.63) is 57.3 Å². The van der Waals surface area contributed by atoms with Crippen LogP contribution in [0.4, 0.5) is 0 Å². The van der Waals surface area contributed by atoms with Gasteiger partial charge in [-0.15, -0.1) is 11.3 Å². The van der Waals surface area contributed by atoms with E-state index in [0.29, 0.717) is 33.6 Å². The predicted molar refractivity (Wildman–Crippen MR) is 119 cm³/mol. The summed E-state index contributed by atoms with van der Waals surface area (Å²) in [7, 11) is 0. The first-order chi connectivity index (χ1) is 14.8. The third-order valence-corrected chi connectivity index (χ3v) is 5.98. The van der Waals surface area contributed by atoms with Crippen LogP contribution in [0.5, 0.6) is 0 Å². The molecule has 4 aromatic rings. The van der Waals surface area contributed by atoms with Crippen LogP contribution in [-0.4, -0.2) is 26.6 Å². The van der Waals surface area contributed by atoms with Crippen molar-refractivity contribution in [2.24, 2.45) is 0 Å². The van der Waals surface area contributed by atoms with Gasteiger partial charge < -0.3 is 4.42 Å².